The van der Waals surface area contributed by atoms with Crippen molar-refractivity contribution < 1.29 is 9.53 Å². The average molecular weight is 369 g/mol. The van der Waals surface area contributed by atoms with E-state index in [0.29, 0.717) is 13.0 Å². The molecule has 0 rings (SSSR count). The predicted molar refractivity (Wildman–Crippen MR) is 115 cm³/mol. The summed E-state index contributed by atoms with van der Waals surface area (Å²) in [6.45, 7) is 7.42. The van der Waals surface area contributed by atoms with Crippen LogP contribution in [0.1, 0.15) is 136 Å². The Kier molecular flexibility index (Phi) is 20.4. The molecule has 0 radical (unpaired) electrons. The first-order valence-electron chi connectivity index (χ1n) is 11.9. The van der Waals surface area contributed by atoms with Crippen molar-refractivity contribution in [2.75, 3.05) is 6.61 Å². The Morgan fingerprint density at radius 3 is 1.62 bits per heavy atom. The van der Waals surface area contributed by atoms with E-state index in [2.05, 4.69) is 20.8 Å². The third-order valence-electron chi connectivity index (χ3n) is 5.46. The molecule has 0 aliphatic rings. The largest absolute Gasteiger partial charge is 0.466 e. The van der Waals surface area contributed by atoms with Gasteiger partial charge in [0.25, 0.3) is 0 Å². The Balaban J connectivity index is 3.65. The molecule has 0 spiro atoms. The first-order valence-corrected chi connectivity index (χ1v) is 11.9. The Hall–Kier alpha value is -0.530. The summed E-state index contributed by atoms with van der Waals surface area (Å²) < 4.78 is 5.51. The minimum Gasteiger partial charge on any atom is -0.466 e. The molecule has 0 saturated carbocycles. The van der Waals surface area contributed by atoms with Gasteiger partial charge in [-0.25, -0.2) is 0 Å². The standard InChI is InChI=1S/C24H48O2/c1-4-7-10-11-12-13-14-17-20-24(25)26-22-21-23(18-15-8-5-2)19-16-9-6-3/h23H,4-22H2,1-3H3. The highest BCUT2D eigenvalue weighted by Crippen LogP contribution is 2.21. The second-order valence-corrected chi connectivity index (χ2v) is 8.09. The second-order valence-electron chi connectivity index (χ2n) is 8.09. The molecule has 0 unspecified atom stereocenters. The highest BCUT2D eigenvalue weighted by atomic mass is 16.5. The van der Waals surface area contributed by atoms with E-state index in [0.717, 1.165) is 18.8 Å². The summed E-state index contributed by atoms with van der Waals surface area (Å²) >= 11 is 0. The van der Waals surface area contributed by atoms with Crippen molar-refractivity contribution in [1.82, 2.24) is 0 Å². The van der Waals surface area contributed by atoms with Gasteiger partial charge in [0, 0.05) is 6.42 Å². The number of carbonyl (C=O) groups excluding carboxylic acids is 1. The molecule has 0 N–H and O–H groups in total. The molecule has 26 heavy (non-hydrogen) atoms. The van der Waals surface area contributed by atoms with Crippen LogP contribution in [0.3, 0.4) is 0 Å². The lowest BCUT2D eigenvalue weighted by molar-refractivity contribution is -0.144. The van der Waals surface area contributed by atoms with Crippen LogP contribution in [0.25, 0.3) is 0 Å². The summed E-state index contributed by atoms with van der Waals surface area (Å²) in [5.74, 6) is 0.779. The number of hydrogen-bond donors (Lipinski definition) is 0. The minimum absolute atomic E-state index is 0.0249. The fraction of sp³-hybridized carbons (Fsp3) is 0.958. The molecule has 0 heterocycles. The van der Waals surface area contributed by atoms with Gasteiger partial charge in [-0.15, -0.1) is 0 Å². The molecule has 0 amide bonds. The lowest BCUT2D eigenvalue weighted by Gasteiger charge is -2.16. The van der Waals surface area contributed by atoms with Gasteiger partial charge in [0.15, 0.2) is 0 Å². The maximum atomic E-state index is 11.9. The molecule has 0 saturated heterocycles. The van der Waals surface area contributed by atoms with E-state index in [1.807, 2.05) is 0 Å². The molecule has 156 valence electrons. The maximum absolute atomic E-state index is 11.9. The highest BCUT2D eigenvalue weighted by molar-refractivity contribution is 5.69. The Morgan fingerprint density at radius 2 is 1.08 bits per heavy atom. The zero-order valence-electron chi connectivity index (χ0n) is 18.3. The molecule has 0 aromatic rings. The number of hydrogen-bond acceptors (Lipinski definition) is 2. The summed E-state index contributed by atoms with van der Waals surface area (Å²) in [6.07, 6.45) is 22.4. The van der Waals surface area contributed by atoms with Crippen LogP contribution in [-0.2, 0) is 9.53 Å². The quantitative estimate of drug-likeness (QED) is 0.160. The van der Waals surface area contributed by atoms with Gasteiger partial charge < -0.3 is 4.74 Å². The van der Waals surface area contributed by atoms with Crippen LogP contribution < -0.4 is 0 Å². The third-order valence-corrected chi connectivity index (χ3v) is 5.46. The van der Waals surface area contributed by atoms with Crippen LogP contribution in [0.2, 0.25) is 0 Å². The van der Waals surface area contributed by atoms with E-state index in [-0.39, 0.29) is 5.97 Å². The van der Waals surface area contributed by atoms with E-state index < -0.39 is 0 Å². The molecule has 0 aromatic carbocycles. The van der Waals surface area contributed by atoms with Gasteiger partial charge in [-0.1, -0.05) is 117 Å². The van der Waals surface area contributed by atoms with Crippen LogP contribution in [0.15, 0.2) is 0 Å². The molecule has 0 aliphatic carbocycles. The Bertz CT molecular complexity index is 278. The van der Waals surface area contributed by atoms with Crippen LogP contribution in [0.5, 0.6) is 0 Å². The Morgan fingerprint density at radius 1 is 0.615 bits per heavy atom. The van der Waals surface area contributed by atoms with Crippen LogP contribution in [0.4, 0.5) is 0 Å². The van der Waals surface area contributed by atoms with Crippen LogP contribution >= 0.6 is 0 Å². The van der Waals surface area contributed by atoms with Crippen molar-refractivity contribution in [3.8, 4) is 0 Å². The van der Waals surface area contributed by atoms with E-state index in [1.54, 1.807) is 0 Å². The van der Waals surface area contributed by atoms with Crippen molar-refractivity contribution in [2.24, 2.45) is 5.92 Å². The molecule has 0 aromatic heterocycles. The number of carbonyl (C=O) groups is 1. The highest BCUT2D eigenvalue weighted by Gasteiger charge is 2.10. The summed E-state index contributed by atoms with van der Waals surface area (Å²) in [5.41, 5.74) is 0. The number of esters is 1. The molecular weight excluding hydrogens is 320 g/mol. The lowest BCUT2D eigenvalue weighted by Crippen LogP contribution is -2.10. The van der Waals surface area contributed by atoms with Crippen molar-refractivity contribution in [2.45, 2.75) is 136 Å². The van der Waals surface area contributed by atoms with Crippen LogP contribution in [-0.4, -0.2) is 12.6 Å². The number of rotatable bonds is 20. The van der Waals surface area contributed by atoms with Gasteiger partial charge in [-0.05, 0) is 18.8 Å². The predicted octanol–water partition coefficient (Wildman–Crippen LogP) is 8.23. The van der Waals surface area contributed by atoms with E-state index in [1.165, 1.54) is 96.3 Å². The fourth-order valence-electron chi connectivity index (χ4n) is 3.61. The average Bonchev–Trinajstić information content (AvgIpc) is 2.64. The van der Waals surface area contributed by atoms with Crippen molar-refractivity contribution in [3.05, 3.63) is 0 Å². The second kappa shape index (κ2) is 20.8. The molecule has 0 aliphatic heterocycles. The summed E-state index contributed by atoms with van der Waals surface area (Å²) in [7, 11) is 0. The van der Waals surface area contributed by atoms with Gasteiger partial charge in [0.1, 0.15) is 0 Å². The smallest absolute Gasteiger partial charge is 0.305 e. The minimum atomic E-state index is 0.0249. The first-order chi connectivity index (χ1) is 12.7. The molecule has 2 nitrogen and oxygen atoms in total. The van der Waals surface area contributed by atoms with Gasteiger partial charge >= 0.3 is 5.97 Å². The van der Waals surface area contributed by atoms with Crippen molar-refractivity contribution in [3.63, 3.8) is 0 Å². The Labute approximate surface area is 164 Å². The zero-order chi connectivity index (χ0) is 19.3. The maximum Gasteiger partial charge on any atom is 0.305 e. The SMILES string of the molecule is CCCCCCCCCCC(=O)OCCC(CCCCC)CCCCC. The van der Waals surface area contributed by atoms with Crippen molar-refractivity contribution >= 4 is 5.97 Å². The summed E-state index contributed by atoms with van der Waals surface area (Å²) in [6, 6.07) is 0. The third kappa shape index (κ3) is 18.3. The van der Waals surface area contributed by atoms with Gasteiger partial charge in [-0.2, -0.15) is 0 Å². The molecule has 0 bridgehead atoms. The number of unbranched alkanes of at least 4 members (excludes halogenated alkanes) is 11. The van der Waals surface area contributed by atoms with E-state index in [4.69, 9.17) is 4.74 Å². The fourth-order valence-corrected chi connectivity index (χ4v) is 3.61. The molecule has 2 heteroatoms. The van der Waals surface area contributed by atoms with E-state index in [9.17, 15) is 4.79 Å². The number of ether oxygens (including phenoxy) is 1. The van der Waals surface area contributed by atoms with Gasteiger partial charge in [0.2, 0.25) is 0 Å². The molecular formula is C24H48O2. The zero-order valence-corrected chi connectivity index (χ0v) is 18.3. The summed E-state index contributed by atoms with van der Waals surface area (Å²) in [4.78, 5) is 11.9. The molecule has 0 atom stereocenters. The van der Waals surface area contributed by atoms with E-state index >= 15 is 0 Å². The van der Waals surface area contributed by atoms with Crippen LogP contribution in [0, 0.1) is 5.92 Å². The normalized spacial score (nSPS) is 11.2. The van der Waals surface area contributed by atoms with Gasteiger partial charge in [0.05, 0.1) is 6.61 Å². The monoisotopic (exact) mass is 368 g/mol. The van der Waals surface area contributed by atoms with Crippen molar-refractivity contribution in [1.29, 1.82) is 0 Å². The summed E-state index contributed by atoms with van der Waals surface area (Å²) in [5, 5.41) is 0. The topological polar surface area (TPSA) is 26.3 Å². The lowest BCUT2D eigenvalue weighted by atomic mass is 9.92. The van der Waals surface area contributed by atoms with Gasteiger partial charge in [-0.3, -0.25) is 4.79 Å². The first kappa shape index (κ1) is 25.5. The molecule has 0 fully saturated rings.